The van der Waals surface area contributed by atoms with Crippen LogP contribution in [0, 0.1) is 0 Å². The lowest BCUT2D eigenvalue weighted by molar-refractivity contribution is -0.116. The third-order valence-electron chi connectivity index (χ3n) is 3.79. The zero-order valence-corrected chi connectivity index (χ0v) is 15.5. The van der Waals surface area contributed by atoms with Crippen molar-refractivity contribution in [1.29, 1.82) is 0 Å². The summed E-state index contributed by atoms with van der Waals surface area (Å²) in [5.74, 6) is 1.16. The number of amides is 1. The molecular weight excluding hydrogens is 348 g/mol. The van der Waals surface area contributed by atoms with Crippen molar-refractivity contribution in [3.8, 4) is 10.7 Å². The van der Waals surface area contributed by atoms with E-state index in [0.717, 1.165) is 29.2 Å². The van der Waals surface area contributed by atoms with Crippen molar-refractivity contribution in [2.24, 2.45) is 0 Å². The van der Waals surface area contributed by atoms with Gasteiger partial charge in [-0.25, -0.2) is 0 Å². The lowest BCUT2D eigenvalue weighted by Crippen LogP contribution is -2.14. The Morgan fingerprint density at radius 3 is 3.00 bits per heavy atom. The van der Waals surface area contributed by atoms with Crippen LogP contribution < -0.4 is 10.6 Å². The van der Waals surface area contributed by atoms with Gasteiger partial charge >= 0.3 is 0 Å². The summed E-state index contributed by atoms with van der Waals surface area (Å²) in [7, 11) is 0. The molecule has 0 aliphatic carbocycles. The topological polar surface area (TPSA) is 80.0 Å². The largest absolute Gasteiger partial charge is 0.339 e. The first-order chi connectivity index (χ1) is 12.7. The van der Waals surface area contributed by atoms with Crippen molar-refractivity contribution >= 4 is 22.9 Å². The zero-order chi connectivity index (χ0) is 18.2. The SMILES string of the molecule is CCNCc1cccc(NC(=O)CCCc2nc(-c3cccs3)no2)c1. The highest BCUT2D eigenvalue weighted by Gasteiger charge is 2.10. The summed E-state index contributed by atoms with van der Waals surface area (Å²) in [6.45, 7) is 3.78. The van der Waals surface area contributed by atoms with E-state index in [1.807, 2.05) is 41.8 Å². The number of anilines is 1. The van der Waals surface area contributed by atoms with E-state index in [1.54, 1.807) is 11.3 Å². The normalized spacial score (nSPS) is 10.8. The van der Waals surface area contributed by atoms with Crippen LogP contribution in [0.25, 0.3) is 10.7 Å². The van der Waals surface area contributed by atoms with Crippen molar-refractivity contribution in [3.63, 3.8) is 0 Å². The van der Waals surface area contributed by atoms with Gasteiger partial charge in [-0.05, 0) is 42.1 Å². The number of nitrogens with zero attached hydrogens (tertiary/aromatic N) is 2. The van der Waals surface area contributed by atoms with Crippen molar-refractivity contribution in [3.05, 3.63) is 53.2 Å². The number of carbonyl (C=O) groups excluding carboxylic acids is 1. The van der Waals surface area contributed by atoms with Crippen LogP contribution >= 0.6 is 11.3 Å². The van der Waals surface area contributed by atoms with Gasteiger partial charge in [0.1, 0.15) is 0 Å². The van der Waals surface area contributed by atoms with E-state index in [1.165, 1.54) is 0 Å². The van der Waals surface area contributed by atoms with Crippen LogP contribution in [0.3, 0.4) is 0 Å². The maximum Gasteiger partial charge on any atom is 0.226 e. The second-order valence-electron chi connectivity index (χ2n) is 5.87. The van der Waals surface area contributed by atoms with Gasteiger partial charge in [0.15, 0.2) is 0 Å². The number of hydrogen-bond donors (Lipinski definition) is 2. The number of carbonyl (C=O) groups is 1. The minimum atomic E-state index is -0.0106. The molecule has 0 spiro atoms. The summed E-state index contributed by atoms with van der Waals surface area (Å²) < 4.78 is 5.25. The molecule has 0 saturated carbocycles. The molecule has 136 valence electrons. The number of aromatic nitrogens is 2. The fourth-order valence-electron chi connectivity index (χ4n) is 2.51. The number of aryl methyl sites for hydroxylation is 1. The van der Waals surface area contributed by atoms with Gasteiger partial charge in [0, 0.05) is 25.1 Å². The molecule has 1 aromatic carbocycles. The fraction of sp³-hybridized carbons (Fsp3) is 0.316. The lowest BCUT2D eigenvalue weighted by atomic mass is 10.2. The third kappa shape index (κ3) is 5.24. The van der Waals surface area contributed by atoms with Crippen LogP contribution in [0.5, 0.6) is 0 Å². The highest BCUT2D eigenvalue weighted by atomic mass is 32.1. The second-order valence-corrected chi connectivity index (χ2v) is 6.82. The molecule has 0 saturated heterocycles. The van der Waals surface area contributed by atoms with Crippen LogP contribution in [-0.4, -0.2) is 22.6 Å². The fourth-order valence-corrected chi connectivity index (χ4v) is 3.16. The van der Waals surface area contributed by atoms with Crippen LogP contribution in [0.4, 0.5) is 5.69 Å². The molecular formula is C19H22N4O2S. The lowest BCUT2D eigenvalue weighted by Gasteiger charge is -2.07. The van der Waals surface area contributed by atoms with E-state index < -0.39 is 0 Å². The van der Waals surface area contributed by atoms with E-state index in [9.17, 15) is 4.79 Å². The molecule has 26 heavy (non-hydrogen) atoms. The Kier molecular flexibility index (Phi) is 6.51. The second kappa shape index (κ2) is 9.26. The van der Waals surface area contributed by atoms with Crippen LogP contribution in [0.2, 0.25) is 0 Å². The van der Waals surface area contributed by atoms with E-state index in [2.05, 4.69) is 27.7 Å². The summed E-state index contributed by atoms with van der Waals surface area (Å²) in [5, 5.41) is 12.2. The minimum Gasteiger partial charge on any atom is -0.339 e. The van der Waals surface area contributed by atoms with Gasteiger partial charge in [0.25, 0.3) is 0 Å². The molecule has 0 aliphatic rings. The van der Waals surface area contributed by atoms with Crippen molar-refractivity contribution in [2.45, 2.75) is 32.7 Å². The average molecular weight is 370 g/mol. The van der Waals surface area contributed by atoms with Gasteiger partial charge in [-0.15, -0.1) is 11.3 Å². The molecule has 2 N–H and O–H groups in total. The average Bonchev–Trinajstić information content (AvgIpc) is 3.32. The summed E-state index contributed by atoms with van der Waals surface area (Å²) in [4.78, 5) is 17.5. The Labute approximate surface area is 156 Å². The summed E-state index contributed by atoms with van der Waals surface area (Å²) in [6.07, 6.45) is 1.66. The monoisotopic (exact) mass is 370 g/mol. The molecule has 2 aromatic heterocycles. The molecule has 0 fully saturated rings. The Balaban J connectivity index is 1.44. The molecule has 2 heterocycles. The minimum absolute atomic E-state index is 0.0106. The van der Waals surface area contributed by atoms with Crippen molar-refractivity contribution in [2.75, 3.05) is 11.9 Å². The predicted octanol–water partition coefficient (Wildman–Crippen LogP) is 3.87. The first kappa shape index (κ1) is 18.3. The first-order valence-corrected chi connectivity index (χ1v) is 9.58. The van der Waals surface area contributed by atoms with E-state index in [4.69, 9.17) is 4.52 Å². The van der Waals surface area contributed by atoms with Crippen molar-refractivity contribution in [1.82, 2.24) is 15.5 Å². The number of rotatable bonds is 9. The summed E-state index contributed by atoms with van der Waals surface area (Å²) >= 11 is 1.57. The van der Waals surface area contributed by atoms with Crippen molar-refractivity contribution < 1.29 is 9.32 Å². The Morgan fingerprint density at radius 1 is 1.27 bits per heavy atom. The van der Waals surface area contributed by atoms with Gasteiger partial charge in [-0.3, -0.25) is 4.79 Å². The van der Waals surface area contributed by atoms with E-state index in [0.29, 0.717) is 31.0 Å². The third-order valence-corrected chi connectivity index (χ3v) is 4.66. The highest BCUT2D eigenvalue weighted by Crippen LogP contribution is 2.21. The van der Waals surface area contributed by atoms with E-state index in [-0.39, 0.29) is 5.91 Å². The molecule has 0 radical (unpaired) electrons. The number of thiophene rings is 1. The quantitative estimate of drug-likeness (QED) is 0.598. The summed E-state index contributed by atoms with van der Waals surface area (Å²) in [6, 6.07) is 11.8. The maximum absolute atomic E-state index is 12.1. The standard InChI is InChI=1S/C19H22N4O2S/c1-2-20-13-14-6-3-7-15(12-14)21-17(24)9-4-10-18-22-19(23-25-18)16-8-5-11-26-16/h3,5-8,11-12,20H,2,4,9-10,13H2,1H3,(H,21,24). The number of nitrogens with one attached hydrogen (secondary N) is 2. The van der Waals surface area contributed by atoms with Gasteiger partial charge in [0.05, 0.1) is 4.88 Å². The first-order valence-electron chi connectivity index (χ1n) is 8.70. The molecule has 3 rings (SSSR count). The van der Waals surface area contributed by atoms with Crippen LogP contribution in [-0.2, 0) is 17.8 Å². The molecule has 0 unspecified atom stereocenters. The Bertz CT molecular complexity index is 830. The Hall–Kier alpha value is -2.51. The molecule has 0 aliphatic heterocycles. The highest BCUT2D eigenvalue weighted by molar-refractivity contribution is 7.13. The molecule has 0 bridgehead atoms. The molecule has 3 aromatic rings. The Morgan fingerprint density at radius 2 is 2.19 bits per heavy atom. The van der Waals surface area contributed by atoms with Gasteiger partial charge in [-0.2, -0.15) is 4.98 Å². The van der Waals surface area contributed by atoms with Crippen LogP contribution in [0.15, 0.2) is 46.3 Å². The molecule has 6 nitrogen and oxygen atoms in total. The van der Waals surface area contributed by atoms with Gasteiger partial charge in [-0.1, -0.05) is 30.3 Å². The molecule has 7 heteroatoms. The summed E-state index contributed by atoms with van der Waals surface area (Å²) in [5.41, 5.74) is 1.97. The van der Waals surface area contributed by atoms with E-state index >= 15 is 0 Å². The maximum atomic E-state index is 12.1. The molecule has 1 amide bonds. The predicted molar refractivity (Wildman–Crippen MR) is 103 cm³/mol. The number of hydrogen-bond acceptors (Lipinski definition) is 6. The van der Waals surface area contributed by atoms with Gasteiger partial charge < -0.3 is 15.2 Å². The smallest absolute Gasteiger partial charge is 0.226 e. The zero-order valence-electron chi connectivity index (χ0n) is 14.7. The molecule has 0 atom stereocenters. The van der Waals surface area contributed by atoms with Crippen LogP contribution in [0.1, 0.15) is 31.2 Å². The van der Waals surface area contributed by atoms with Gasteiger partial charge in [0.2, 0.25) is 17.6 Å². The number of benzene rings is 1.